The average molecular weight is 422 g/mol. The van der Waals surface area contributed by atoms with Crippen molar-refractivity contribution in [1.82, 2.24) is 10.6 Å². The predicted molar refractivity (Wildman–Crippen MR) is 108 cm³/mol. The van der Waals surface area contributed by atoms with Crippen molar-refractivity contribution in [1.29, 1.82) is 0 Å². The molecule has 1 unspecified atom stereocenters. The molecular formula is C17H28ClN3O5S. The Kier molecular flexibility index (Phi) is 9.14. The molecule has 1 heterocycles. The number of ether oxygens (including phenoxy) is 2. The summed E-state index contributed by atoms with van der Waals surface area (Å²) in [5.74, 6) is 0.786. The number of anilines is 1. The van der Waals surface area contributed by atoms with Crippen LogP contribution in [0.4, 0.5) is 5.69 Å². The first-order chi connectivity index (χ1) is 12.3. The van der Waals surface area contributed by atoms with E-state index in [9.17, 15) is 13.2 Å². The lowest BCUT2D eigenvalue weighted by Crippen LogP contribution is -2.33. The summed E-state index contributed by atoms with van der Waals surface area (Å²) in [5, 5.41) is 6.24. The van der Waals surface area contributed by atoms with Gasteiger partial charge in [-0.25, -0.2) is 8.42 Å². The van der Waals surface area contributed by atoms with Crippen molar-refractivity contribution in [2.24, 2.45) is 5.92 Å². The lowest BCUT2D eigenvalue weighted by Gasteiger charge is -2.22. The zero-order chi connectivity index (χ0) is 19.2. The first kappa shape index (κ1) is 23.3. The highest BCUT2D eigenvalue weighted by molar-refractivity contribution is 7.92. The van der Waals surface area contributed by atoms with Gasteiger partial charge in [-0.3, -0.25) is 9.52 Å². The molecule has 0 aliphatic carbocycles. The van der Waals surface area contributed by atoms with Crippen molar-refractivity contribution in [3.63, 3.8) is 0 Å². The molecule has 1 fully saturated rings. The Morgan fingerprint density at radius 2 is 2.04 bits per heavy atom. The van der Waals surface area contributed by atoms with Crippen LogP contribution >= 0.6 is 12.4 Å². The van der Waals surface area contributed by atoms with Crippen LogP contribution in [0.25, 0.3) is 0 Å². The van der Waals surface area contributed by atoms with E-state index in [2.05, 4.69) is 15.4 Å². The van der Waals surface area contributed by atoms with Crippen LogP contribution in [-0.2, 0) is 10.0 Å². The van der Waals surface area contributed by atoms with Gasteiger partial charge >= 0.3 is 0 Å². The molecule has 1 aliphatic rings. The number of nitrogens with one attached hydrogen (secondary N) is 3. The van der Waals surface area contributed by atoms with Crippen molar-refractivity contribution in [3.05, 3.63) is 17.7 Å². The van der Waals surface area contributed by atoms with Gasteiger partial charge in [0.2, 0.25) is 10.0 Å². The maximum absolute atomic E-state index is 12.5. The maximum atomic E-state index is 12.5. The smallest absolute Gasteiger partial charge is 0.251 e. The topological polar surface area (TPSA) is 106 Å². The number of halogens is 1. The Morgan fingerprint density at radius 1 is 1.30 bits per heavy atom. The van der Waals surface area contributed by atoms with E-state index in [1.165, 1.54) is 32.8 Å². The summed E-state index contributed by atoms with van der Waals surface area (Å²) >= 11 is 0. The minimum Gasteiger partial charge on any atom is -0.493 e. The van der Waals surface area contributed by atoms with Crippen LogP contribution in [0.5, 0.6) is 11.5 Å². The van der Waals surface area contributed by atoms with Gasteiger partial charge in [0, 0.05) is 12.1 Å². The molecule has 0 radical (unpaired) electrons. The molecule has 1 aliphatic heterocycles. The molecule has 154 valence electrons. The van der Waals surface area contributed by atoms with Crippen molar-refractivity contribution in [3.8, 4) is 11.5 Å². The molecule has 0 saturated carbocycles. The fraction of sp³-hybridized carbons (Fsp3) is 0.588. The van der Waals surface area contributed by atoms with E-state index in [1.807, 2.05) is 0 Å². The van der Waals surface area contributed by atoms with E-state index in [0.717, 1.165) is 32.2 Å². The number of methoxy groups -OCH3 is 2. The summed E-state index contributed by atoms with van der Waals surface area (Å²) in [6.07, 6.45) is 4.26. The molecule has 0 aromatic heterocycles. The van der Waals surface area contributed by atoms with Crippen LogP contribution in [0.15, 0.2) is 12.1 Å². The molecule has 0 spiro atoms. The average Bonchev–Trinajstić information content (AvgIpc) is 2.60. The fourth-order valence-corrected chi connectivity index (χ4v) is 3.58. The highest BCUT2D eigenvalue weighted by Gasteiger charge is 2.19. The van der Waals surface area contributed by atoms with Crippen LogP contribution in [-0.4, -0.2) is 54.4 Å². The SMILES string of the molecule is COc1cc(C(=O)NCCC2CCCNC2)cc(NS(C)(=O)=O)c1OC.Cl. The number of hydrogen-bond donors (Lipinski definition) is 3. The third kappa shape index (κ3) is 7.08. The van der Waals surface area contributed by atoms with Gasteiger partial charge in [0.15, 0.2) is 11.5 Å². The number of carbonyl (C=O) groups excluding carboxylic acids is 1. The second-order valence-electron chi connectivity index (χ2n) is 6.39. The van der Waals surface area contributed by atoms with Crippen molar-refractivity contribution in [2.75, 3.05) is 44.8 Å². The lowest BCUT2D eigenvalue weighted by molar-refractivity contribution is 0.0950. The number of hydrogen-bond acceptors (Lipinski definition) is 6. The second kappa shape index (κ2) is 10.6. The monoisotopic (exact) mass is 421 g/mol. The number of amides is 1. The largest absolute Gasteiger partial charge is 0.493 e. The van der Waals surface area contributed by atoms with E-state index >= 15 is 0 Å². The number of sulfonamides is 1. The highest BCUT2D eigenvalue weighted by atomic mass is 35.5. The third-order valence-electron chi connectivity index (χ3n) is 4.27. The van der Waals surface area contributed by atoms with Crippen LogP contribution in [0, 0.1) is 5.92 Å². The molecule has 27 heavy (non-hydrogen) atoms. The van der Waals surface area contributed by atoms with Gasteiger partial charge in [-0.05, 0) is 50.4 Å². The summed E-state index contributed by atoms with van der Waals surface area (Å²) in [6.45, 7) is 2.60. The summed E-state index contributed by atoms with van der Waals surface area (Å²) in [7, 11) is -0.696. The molecule has 1 saturated heterocycles. The molecule has 0 bridgehead atoms. The Morgan fingerprint density at radius 3 is 2.59 bits per heavy atom. The van der Waals surface area contributed by atoms with Crippen LogP contribution in [0.2, 0.25) is 0 Å². The quantitative estimate of drug-likeness (QED) is 0.589. The Balaban J connectivity index is 0.00000364. The van der Waals surface area contributed by atoms with E-state index in [1.54, 1.807) is 0 Å². The normalized spacial score (nSPS) is 16.8. The van der Waals surface area contributed by atoms with Crippen LogP contribution in [0.3, 0.4) is 0 Å². The van der Waals surface area contributed by atoms with Crippen molar-refractivity contribution >= 4 is 34.0 Å². The number of rotatable bonds is 8. The minimum absolute atomic E-state index is 0. The number of benzene rings is 1. The number of carbonyl (C=O) groups is 1. The van der Waals surface area contributed by atoms with Gasteiger partial charge in [0.05, 0.1) is 26.2 Å². The van der Waals surface area contributed by atoms with Gasteiger partial charge < -0.3 is 20.1 Å². The summed E-state index contributed by atoms with van der Waals surface area (Å²) < 4.78 is 36.0. The first-order valence-corrected chi connectivity index (χ1v) is 10.5. The summed E-state index contributed by atoms with van der Waals surface area (Å²) in [5.41, 5.74) is 0.464. The van der Waals surface area contributed by atoms with E-state index < -0.39 is 10.0 Å². The molecule has 1 amide bonds. The van der Waals surface area contributed by atoms with E-state index in [0.29, 0.717) is 18.0 Å². The number of piperidine rings is 1. The lowest BCUT2D eigenvalue weighted by atomic mass is 9.96. The van der Waals surface area contributed by atoms with Gasteiger partial charge in [0.1, 0.15) is 0 Å². The Bertz CT molecular complexity index is 736. The molecule has 1 aromatic carbocycles. The summed E-state index contributed by atoms with van der Waals surface area (Å²) in [6, 6.07) is 2.98. The fourth-order valence-electron chi connectivity index (χ4n) is 3.03. The molecule has 10 heteroatoms. The zero-order valence-corrected chi connectivity index (χ0v) is 17.5. The van der Waals surface area contributed by atoms with Crippen molar-refractivity contribution < 1.29 is 22.7 Å². The Hall–Kier alpha value is -1.71. The van der Waals surface area contributed by atoms with Gasteiger partial charge in [-0.2, -0.15) is 0 Å². The second-order valence-corrected chi connectivity index (χ2v) is 8.14. The summed E-state index contributed by atoms with van der Waals surface area (Å²) in [4.78, 5) is 12.5. The highest BCUT2D eigenvalue weighted by Crippen LogP contribution is 2.37. The molecule has 1 atom stereocenters. The van der Waals surface area contributed by atoms with Crippen LogP contribution < -0.4 is 24.8 Å². The predicted octanol–water partition coefficient (Wildman–Crippen LogP) is 1.62. The molecule has 2 rings (SSSR count). The maximum Gasteiger partial charge on any atom is 0.251 e. The standard InChI is InChI=1S/C17H27N3O5S.ClH/c1-24-15-10-13(9-14(16(15)25-2)20-26(3,22)23)17(21)19-8-6-12-5-4-7-18-11-12;/h9-10,12,18,20H,4-8,11H2,1-3H3,(H,19,21);1H. The van der Waals surface area contributed by atoms with Gasteiger partial charge in [-0.15, -0.1) is 12.4 Å². The molecule has 1 aromatic rings. The van der Waals surface area contributed by atoms with Crippen molar-refractivity contribution in [2.45, 2.75) is 19.3 Å². The molecule has 3 N–H and O–H groups in total. The van der Waals surface area contributed by atoms with Crippen LogP contribution in [0.1, 0.15) is 29.6 Å². The molecule has 8 nitrogen and oxygen atoms in total. The van der Waals surface area contributed by atoms with Gasteiger partial charge in [0.25, 0.3) is 5.91 Å². The molecular weight excluding hydrogens is 394 g/mol. The zero-order valence-electron chi connectivity index (χ0n) is 15.8. The minimum atomic E-state index is -3.53. The van der Waals surface area contributed by atoms with Gasteiger partial charge in [-0.1, -0.05) is 0 Å². The Labute approximate surface area is 166 Å². The first-order valence-electron chi connectivity index (χ1n) is 8.56. The van der Waals surface area contributed by atoms with E-state index in [4.69, 9.17) is 9.47 Å². The van der Waals surface area contributed by atoms with E-state index in [-0.39, 0.29) is 35.5 Å². The third-order valence-corrected chi connectivity index (χ3v) is 4.86.